The molecular weight excluding hydrogens is 224 g/mol. The minimum absolute atomic E-state index is 0.169. The Balaban J connectivity index is 1.99. The molecule has 0 saturated carbocycles. The molecule has 0 spiro atoms. The van der Waals surface area contributed by atoms with Gasteiger partial charge in [-0.2, -0.15) is 0 Å². The number of ether oxygens (including phenoxy) is 1. The molecule has 0 aliphatic carbocycles. The van der Waals surface area contributed by atoms with E-state index in [2.05, 4.69) is 4.98 Å². The van der Waals surface area contributed by atoms with Crippen LogP contribution in [0.25, 0.3) is 0 Å². The zero-order valence-electron chi connectivity index (χ0n) is 9.77. The Hall–Kier alpha value is -1.10. The highest BCUT2D eigenvalue weighted by molar-refractivity contribution is 7.09. The van der Waals surface area contributed by atoms with Crippen LogP contribution in [0.1, 0.15) is 38.1 Å². The maximum absolute atomic E-state index is 11.8. The van der Waals surface area contributed by atoms with Crippen LogP contribution in [0, 0.1) is 0 Å². The quantitative estimate of drug-likeness (QED) is 0.758. The van der Waals surface area contributed by atoms with Crippen LogP contribution in [0.15, 0.2) is 11.7 Å². The van der Waals surface area contributed by atoms with E-state index in [1.165, 1.54) is 0 Å². The van der Waals surface area contributed by atoms with E-state index in [0.29, 0.717) is 0 Å². The Bertz CT molecular complexity index is 370. The Morgan fingerprint density at radius 1 is 1.62 bits per heavy atom. The summed E-state index contributed by atoms with van der Waals surface area (Å²) in [5, 5.41) is 0. The van der Waals surface area contributed by atoms with Crippen LogP contribution in [0.3, 0.4) is 0 Å². The van der Waals surface area contributed by atoms with Crippen molar-refractivity contribution >= 4 is 17.4 Å². The van der Waals surface area contributed by atoms with Gasteiger partial charge in [-0.05, 0) is 27.2 Å². The van der Waals surface area contributed by atoms with Crippen molar-refractivity contribution in [3.05, 3.63) is 16.6 Å². The minimum Gasteiger partial charge on any atom is -0.444 e. The molecule has 1 amide bonds. The lowest BCUT2D eigenvalue weighted by Crippen LogP contribution is -2.47. The highest BCUT2D eigenvalue weighted by atomic mass is 32.1. The van der Waals surface area contributed by atoms with Gasteiger partial charge in [-0.3, -0.25) is 4.98 Å². The summed E-state index contributed by atoms with van der Waals surface area (Å²) in [5.41, 5.74) is 1.37. The van der Waals surface area contributed by atoms with Crippen molar-refractivity contribution in [2.75, 3.05) is 6.54 Å². The van der Waals surface area contributed by atoms with Crippen molar-refractivity contribution in [1.82, 2.24) is 9.88 Å². The number of amides is 1. The summed E-state index contributed by atoms with van der Waals surface area (Å²) in [6.07, 6.45) is 2.60. The van der Waals surface area contributed by atoms with Crippen LogP contribution in [0.5, 0.6) is 0 Å². The van der Waals surface area contributed by atoms with E-state index in [1.807, 2.05) is 27.0 Å². The van der Waals surface area contributed by atoms with Crippen LogP contribution in [0.4, 0.5) is 4.79 Å². The zero-order valence-corrected chi connectivity index (χ0v) is 10.6. The lowest BCUT2D eigenvalue weighted by molar-refractivity contribution is -0.00511. The molecule has 16 heavy (non-hydrogen) atoms. The highest BCUT2D eigenvalue weighted by Gasteiger charge is 2.36. The van der Waals surface area contributed by atoms with Crippen LogP contribution in [-0.4, -0.2) is 28.1 Å². The standard InChI is InChI=1S/C11H16N2O2S/c1-11(2,3)15-10(14)13-5-4-8(13)9-6-12-7-16-9/h6-8H,4-5H2,1-3H3. The molecular formula is C11H16N2O2S. The average Bonchev–Trinajstić information content (AvgIpc) is 2.50. The van der Waals surface area contributed by atoms with Gasteiger partial charge in [0.1, 0.15) is 5.60 Å². The second-order valence-electron chi connectivity index (χ2n) is 4.88. The van der Waals surface area contributed by atoms with Crippen molar-refractivity contribution in [2.24, 2.45) is 0 Å². The summed E-state index contributed by atoms with van der Waals surface area (Å²) in [5.74, 6) is 0. The Kier molecular flexibility index (Phi) is 2.88. The first-order valence-corrected chi connectivity index (χ1v) is 6.23. The molecule has 0 radical (unpaired) electrons. The first kappa shape index (κ1) is 11.4. The molecule has 88 valence electrons. The fraction of sp³-hybridized carbons (Fsp3) is 0.636. The molecule has 2 heterocycles. The summed E-state index contributed by atoms with van der Waals surface area (Å²) in [6, 6.07) is 0.169. The number of aromatic nitrogens is 1. The lowest BCUT2D eigenvalue weighted by atomic mass is 10.0. The smallest absolute Gasteiger partial charge is 0.410 e. The average molecular weight is 240 g/mol. The summed E-state index contributed by atoms with van der Waals surface area (Å²) in [7, 11) is 0. The second kappa shape index (κ2) is 4.05. The summed E-state index contributed by atoms with van der Waals surface area (Å²) >= 11 is 1.59. The predicted octanol–water partition coefficient (Wildman–Crippen LogP) is 2.83. The third-order valence-electron chi connectivity index (χ3n) is 2.43. The maximum Gasteiger partial charge on any atom is 0.410 e. The Morgan fingerprint density at radius 3 is 2.81 bits per heavy atom. The first-order valence-electron chi connectivity index (χ1n) is 5.35. The molecule has 2 rings (SSSR count). The molecule has 4 nitrogen and oxygen atoms in total. The number of hydrogen-bond acceptors (Lipinski definition) is 4. The molecule has 1 aromatic heterocycles. The van der Waals surface area contributed by atoms with E-state index in [0.717, 1.165) is 17.8 Å². The fourth-order valence-electron chi connectivity index (χ4n) is 1.61. The van der Waals surface area contributed by atoms with Gasteiger partial charge in [0, 0.05) is 17.6 Å². The van der Waals surface area contributed by atoms with Gasteiger partial charge < -0.3 is 9.64 Å². The number of likely N-dealkylation sites (tertiary alicyclic amines) is 1. The molecule has 1 fully saturated rings. The van der Waals surface area contributed by atoms with Crippen molar-refractivity contribution in [3.63, 3.8) is 0 Å². The normalized spacial score (nSPS) is 20.4. The molecule has 0 N–H and O–H groups in total. The number of rotatable bonds is 1. The van der Waals surface area contributed by atoms with Gasteiger partial charge in [-0.25, -0.2) is 4.79 Å². The predicted molar refractivity (Wildman–Crippen MR) is 62.4 cm³/mol. The molecule has 0 bridgehead atoms. The van der Waals surface area contributed by atoms with E-state index in [-0.39, 0.29) is 12.1 Å². The number of nitrogens with zero attached hydrogens (tertiary/aromatic N) is 2. The van der Waals surface area contributed by atoms with Crippen LogP contribution < -0.4 is 0 Å². The van der Waals surface area contributed by atoms with Gasteiger partial charge in [0.2, 0.25) is 0 Å². The third-order valence-corrected chi connectivity index (χ3v) is 3.30. The topological polar surface area (TPSA) is 42.4 Å². The molecule has 5 heteroatoms. The summed E-state index contributed by atoms with van der Waals surface area (Å²) in [4.78, 5) is 18.8. The van der Waals surface area contributed by atoms with Crippen LogP contribution in [-0.2, 0) is 4.74 Å². The Morgan fingerprint density at radius 2 is 2.38 bits per heavy atom. The largest absolute Gasteiger partial charge is 0.444 e. The SMILES string of the molecule is CC(C)(C)OC(=O)N1CCC1c1cncs1. The molecule has 1 unspecified atom stereocenters. The van der Waals surface area contributed by atoms with Gasteiger partial charge >= 0.3 is 6.09 Å². The molecule has 1 aliphatic rings. The highest BCUT2D eigenvalue weighted by Crippen LogP contribution is 2.36. The van der Waals surface area contributed by atoms with E-state index in [4.69, 9.17) is 4.74 Å². The van der Waals surface area contributed by atoms with Gasteiger partial charge in [-0.15, -0.1) is 11.3 Å². The van der Waals surface area contributed by atoms with Gasteiger partial charge in [-0.1, -0.05) is 0 Å². The molecule has 1 saturated heterocycles. The Labute approximate surface area is 99.2 Å². The van der Waals surface area contributed by atoms with Crippen LogP contribution >= 0.6 is 11.3 Å². The van der Waals surface area contributed by atoms with Gasteiger partial charge in [0.25, 0.3) is 0 Å². The first-order chi connectivity index (χ1) is 7.47. The molecule has 0 aromatic carbocycles. The van der Waals surface area contributed by atoms with E-state index in [9.17, 15) is 4.79 Å². The summed E-state index contributed by atoms with van der Waals surface area (Å²) < 4.78 is 5.34. The summed E-state index contributed by atoms with van der Waals surface area (Å²) in [6.45, 7) is 6.42. The van der Waals surface area contributed by atoms with Gasteiger partial charge in [0.15, 0.2) is 0 Å². The van der Waals surface area contributed by atoms with Crippen molar-refractivity contribution in [3.8, 4) is 0 Å². The third kappa shape index (κ3) is 2.35. The minimum atomic E-state index is -0.426. The monoisotopic (exact) mass is 240 g/mol. The van der Waals surface area contributed by atoms with E-state index in [1.54, 1.807) is 21.7 Å². The van der Waals surface area contributed by atoms with Crippen molar-refractivity contribution in [2.45, 2.75) is 38.8 Å². The van der Waals surface area contributed by atoms with Gasteiger partial charge in [0.05, 0.1) is 11.6 Å². The van der Waals surface area contributed by atoms with Crippen LogP contribution in [0.2, 0.25) is 0 Å². The van der Waals surface area contributed by atoms with E-state index < -0.39 is 5.60 Å². The number of carbonyl (C=O) groups is 1. The molecule has 1 aliphatic heterocycles. The second-order valence-corrected chi connectivity index (χ2v) is 5.80. The number of hydrogen-bond donors (Lipinski definition) is 0. The number of thiazole rings is 1. The van der Waals surface area contributed by atoms with E-state index >= 15 is 0 Å². The van der Waals surface area contributed by atoms with Crippen molar-refractivity contribution < 1.29 is 9.53 Å². The lowest BCUT2D eigenvalue weighted by Gasteiger charge is -2.40. The zero-order chi connectivity index (χ0) is 11.8. The van der Waals surface area contributed by atoms with Crippen molar-refractivity contribution in [1.29, 1.82) is 0 Å². The molecule has 1 atom stereocenters. The molecule has 1 aromatic rings. The fourth-order valence-corrected chi connectivity index (χ4v) is 2.38. The number of carbonyl (C=O) groups excluding carboxylic acids is 1. The maximum atomic E-state index is 11.8.